The first-order chi connectivity index (χ1) is 11.1. The van der Waals surface area contributed by atoms with Gasteiger partial charge in [-0.3, -0.25) is 4.79 Å². The molecule has 1 N–H and O–H groups in total. The lowest BCUT2D eigenvalue weighted by Gasteiger charge is -2.35. The number of hydrogen-bond donors (Lipinski definition) is 1. The fraction of sp³-hybridized carbons (Fsp3) is 0.950. The highest BCUT2D eigenvalue weighted by Gasteiger charge is 2.19. The first kappa shape index (κ1) is 22.4. The lowest BCUT2D eigenvalue weighted by molar-refractivity contribution is -0.923. The van der Waals surface area contributed by atoms with Crippen molar-refractivity contribution in [3.8, 4) is 0 Å². The summed E-state index contributed by atoms with van der Waals surface area (Å²) < 4.78 is 1.29. The molecule has 0 amide bonds. The minimum absolute atomic E-state index is 0.341. The Kier molecular flexibility index (Phi) is 14.6. The number of carboxylic acids is 1. The topological polar surface area (TPSA) is 37.3 Å². The first-order valence-electron chi connectivity index (χ1n) is 10.2. The molecule has 0 unspecified atom stereocenters. The third-order valence-electron chi connectivity index (χ3n) is 5.54. The molecule has 0 spiro atoms. The van der Waals surface area contributed by atoms with Gasteiger partial charge in [0.15, 0.2) is 0 Å². The van der Waals surface area contributed by atoms with Gasteiger partial charge in [0.2, 0.25) is 0 Å². The van der Waals surface area contributed by atoms with E-state index in [9.17, 15) is 4.79 Å². The Labute approximate surface area is 145 Å². The minimum Gasteiger partial charge on any atom is -0.481 e. The number of quaternary nitrogens is 1. The summed E-state index contributed by atoms with van der Waals surface area (Å²) in [6.07, 6.45) is 14.4. The summed E-state index contributed by atoms with van der Waals surface area (Å²) in [6.45, 7) is 12.2. The molecule has 0 aliphatic rings. The fourth-order valence-electron chi connectivity index (χ4n) is 3.46. The first-order valence-corrected chi connectivity index (χ1v) is 10.2. The van der Waals surface area contributed by atoms with Crippen molar-refractivity contribution in [3.05, 3.63) is 0 Å². The van der Waals surface area contributed by atoms with E-state index in [1.165, 1.54) is 88.4 Å². The monoisotopic (exact) mass is 328 g/mol. The van der Waals surface area contributed by atoms with Gasteiger partial charge in [0.25, 0.3) is 0 Å². The third kappa shape index (κ3) is 12.5. The summed E-state index contributed by atoms with van der Waals surface area (Å²) in [5, 5.41) is 8.56. The van der Waals surface area contributed by atoms with Gasteiger partial charge in [-0.15, -0.1) is 0 Å². The van der Waals surface area contributed by atoms with Gasteiger partial charge in [-0.2, -0.15) is 0 Å². The lowest BCUT2D eigenvalue weighted by atomic mass is 10.0. The molecule has 0 saturated heterocycles. The van der Waals surface area contributed by atoms with Crippen LogP contribution in [0, 0.1) is 0 Å². The van der Waals surface area contributed by atoms with Crippen molar-refractivity contribution < 1.29 is 14.4 Å². The summed E-state index contributed by atoms with van der Waals surface area (Å²) >= 11 is 0. The zero-order valence-corrected chi connectivity index (χ0v) is 16.1. The predicted octanol–water partition coefficient (Wildman–Crippen LogP) is 5.63. The number of nitrogens with zero attached hydrogens (tertiary/aromatic N) is 1. The van der Waals surface area contributed by atoms with Crippen molar-refractivity contribution in [1.29, 1.82) is 0 Å². The maximum Gasteiger partial charge on any atom is 0.303 e. The Balaban J connectivity index is 3.29. The summed E-state index contributed by atoms with van der Waals surface area (Å²) in [5.74, 6) is -0.655. The molecule has 0 radical (unpaired) electrons. The molecular formula is C20H42NO2+. The quantitative estimate of drug-likeness (QED) is 0.277. The third-order valence-corrected chi connectivity index (χ3v) is 5.54. The van der Waals surface area contributed by atoms with Gasteiger partial charge < -0.3 is 9.59 Å². The van der Waals surface area contributed by atoms with Crippen molar-refractivity contribution in [3.63, 3.8) is 0 Å². The molecule has 0 saturated carbocycles. The Bertz CT molecular complexity index is 267. The van der Waals surface area contributed by atoms with E-state index in [1.54, 1.807) is 0 Å². The normalized spacial score (nSPS) is 11.8. The molecule has 23 heavy (non-hydrogen) atoms. The van der Waals surface area contributed by atoms with Crippen LogP contribution in [-0.4, -0.2) is 41.7 Å². The molecule has 0 aromatic heterocycles. The number of aliphatic carboxylic acids is 1. The lowest BCUT2D eigenvalue weighted by Crippen LogP contribution is -2.48. The van der Waals surface area contributed by atoms with Crippen LogP contribution in [-0.2, 0) is 4.79 Å². The van der Waals surface area contributed by atoms with Crippen LogP contribution in [0.1, 0.15) is 97.8 Å². The number of carbonyl (C=O) groups is 1. The SMILES string of the molecule is CC[N+](CC)(CC)CCCCCCCCCCCCCC(=O)O. The predicted molar refractivity (Wildman–Crippen MR) is 99.8 cm³/mol. The van der Waals surface area contributed by atoms with Crippen LogP contribution >= 0.6 is 0 Å². The number of hydrogen-bond acceptors (Lipinski definition) is 1. The van der Waals surface area contributed by atoms with E-state index in [0.717, 1.165) is 12.8 Å². The Morgan fingerprint density at radius 2 is 1.00 bits per heavy atom. The van der Waals surface area contributed by atoms with Crippen molar-refractivity contribution >= 4 is 5.97 Å². The second kappa shape index (κ2) is 15.0. The summed E-state index contributed by atoms with van der Waals surface area (Å²) in [7, 11) is 0. The van der Waals surface area contributed by atoms with E-state index in [2.05, 4.69) is 20.8 Å². The molecule has 0 heterocycles. The van der Waals surface area contributed by atoms with E-state index in [4.69, 9.17) is 5.11 Å². The Hall–Kier alpha value is -0.570. The zero-order chi connectivity index (χ0) is 17.4. The van der Waals surface area contributed by atoms with Gasteiger partial charge in [-0.1, -0.05) is 51.4 Å². The molecule has 0 aromatic carbocycles. The molecule has 0 rings (SSSR count). The van der Waals surface area contributed by atoms with Crippen LogP contribution < -0.4 is 0 Å². The van der Waals surface area contributed by atoms with Gasteiger partial charge in [0, 0.05) is 6.42 Å². The van der Waals surface area contributed by atoms with Crippen molar-refractivity contribution in [2.75, 3.05) is 26.2 Å². The van der Waals surface area contributed by atoms with Crippen LogP contribution in [0.25, 0.3) is 0 Å². The maximum absolute atomic E-state index is 10.4. The summed E-state index contributed by atoms with van der Waals surface area (Å²) in [5.41, 5.74) is 0. The molecule has 0 aromatic rings. The van der Waals surface area contributed by atoms with E-state index in [1.807, 2.05) is 0 Å². The highest BCUT2D eigenvalue weighted by Crippen LogP contribution is 2.14. The molecule has 138 valence electrons. The largest absolute Gasteiger partial charge is 0.481 e. The minimum atomic E-state index is -0.655. The van der Waals surface area contributed by atoms with Crippen LogP contribution in [0.15, 0.2) is 0 Å². The Morgan fingerprint density at radius 3 is 1.35 bits per heavy atom. The van der Waals surface area contributed by atoms with E-state index in [0.29, 0.717) is 6.42 Å². The van der Waals surface area contributed by atoms with Crippen LogP contribution in [0.3, 0.4) is 0 Å². The number of carboxylic acid groups (broad SMARTS) is 1. The molecule has 0 atom stereocenters. The summed E-state index contributed by atoms with van der Waals surface area (Å²) in [4.78, 5) is 10.4. The fourth-order valence-corrected chi connectivity index (χ4v) is 3.46. The van der Waals surface area contributed by atoms with Crippen LogP contribution in [0.5, 0.6) is 0 Å². The smallest absolute Gasteiger partial charge is 0.303 e. The molecule has 3 nitrogen and oxygen atoms in total. The van der Waals surface area contributed by atoms with Crippen molar-refractivity contribution in [2.45, 2.75) is 97.8 Å². The molecule has 0 aliphatic heterocycles. The van der Waals surface area contributed by atoms with Gasteiger partial charge in [0.05, 0.1) is 26.2 Å². The molecule has 3 heteroatoms. The van der Waals surface area contributed by atoms with Gasteiger partial charge >= 0.3 is 5.97 Å². The average molecular weight is 329 g/mol. The van der Waals surface area contributed by atoms with E-state index < -0.39 is 5.97 Å². The highest BCUT2D eigenvalue weighted by molar-refractivity contribution is 5.66. The molecule has 0 fully saturated rings. The van der Waals surface area contributed by atoms with Crippen LogP contribution in [0.4, 0.5) is 0 Å². The van der Waals surface area contributed by atoms with Crippen LogP contribution in [0.2, 0.25) is 0 Å². The zero-order valence-electron chi connectivity index (χ0n) is 16.1. The van der Waals surface area contributed by atoms with Gasteiger partial charge in [-0.05, 0) is 40.0 Å². The van der Waals surface area contributed by atoms with Gasteiger partial charge in [0.1, 0.15) is 0 Å². The molecule has 0 aliphatic carbocycles. The van der Waals surface area contributed by atoms with Crippen molar-refractivity contribution in [1.82, 2.24) is 0 Å². The average Bonchev–Trinajstić information content (AvgIpc) is 2.56. The van der Waals surface area contributed by atoms with Gasteiger partial charge in [-0.25, -0.2) is 0 Å². The number of rotatable bonds is 17. The number of unbranched alkanes of at least 4 members (excludes halogenated alkanes) is 10. The maximum atomic E-state index is 10.4. The van der Waals surface area contributed by atoms with Crippen molar-refractivity contribution in [2.24, 2.45) is 0 Å². The second-order valence-electron chi connectivity index (χ2n) is 7.05. The highest BCUT2D eigenvalue weighted by atomic mass is 16.4. The van der Waals surface area contributed by atoms with E-state index >= 15 is 0 Å². The van der Waals surface area contributed by atoms with E-state index in [-0.39, 0.29) is 0 Å². The summed E-state index contributed by atoms with van der Waals surface area (Å²) in [6, 6.07) is 0. The molecule has 0 bridgehead atoms. The second-order valence-corrected chi connectivity index (χ2v) is 7.05. The standard InChI is InChI=1S/C20H41NO2/c1-4-21(5-2,6-3)19-17-15-13-11-9-7-8-10-12-14-16-18-20(22)23/h4-19H2,1-3H3/p+1. The molecular weight excluding hydrogens is 286 g/mol. The Morgan fingerprint density at radius 1 is 0.652 bits per heavy atom.